The molecule has 6 heteroatoms. The van der Waals surface area contributed by atoms with E-state index in [2.05, 4.69) is 14.9 Å². The summed E-state index contributed by atoms with van der Waals surface area (Å²) in [6.07, 6.45) is 3.04. The highest BCUT2D eigenvalue weighted by atomic mass is 16.5. The number of carbonyl (C=O) groups is 1. The lowest BCUT2D eigenvalue weighted by Crippen LogP contribution is -2.45. The zero-order valence-corrected chi connectivity index (χ0v) is 10.5. The lowest BCUT2D eigenvalue weighted by molar-refractivity contribution is -0.0708. The molecule has 1 aromatic heterocycles. The summed E-state index contributed by atoms with van der Waals surface area (Å²) in [4.78, 5) is 21.1. The first-order chi connectivity index (χ1) is 8.56. The van der Waals surface area contributed by atoms with Crippen LogP contribution in [0.1, 0.15) is 29.9 Å². The first kappa shape index (κ1) is 12.9. The van der Waals surface area contributed by atoms with Crippen molar-refractivity contribution in [3.8, 4) is 0 Å². The number of hydrogen-bond acceptors (Lipinski definition) is 5. The molecular weight excluding hydrogens is 234 g/mol. The van der Waals surface area contributed by atoms with Crippen LogP contribution in [-0.2, 0) is 11.3 Å². The lowest BCUT2D eigenvalue weighted by atomic mass is 10.2. The molecule has 2 atom stereocenters. The van der Waals surface area contributed by atoms with Crippen molar-refractivity contribution < 1.29 is 14.6 Å². The number of nitrogens with zero attached hydrogens (tertiary/aromatic N) is 3. The van der Waals surface area contributed by atoms with Gasteiger partial charge in [-0.05, 0) is 13.8 Å². The van der Waals surface area contributed by atoms with Crippen LogP contribution in [0.5, 0.6) is 0 Å². The van der Waals surface area contributed by atoms with Crippen LogP contribution < -0.4 is 0 Å². The van der Waals surface area contributed by atoms with Crippen LogP contribution in [0, 0.1) is 0 Å². The van der Waals surface area contributed by atoms with Crippen LogP contribution in [-0.4, -0.2) is 51.2 Å². The van der Waals surface area contributed by atoms with Crippen molar-refractivity contribution in [1.29, 1.82) is 0 Å². The summed E-state index contributed by atoms with van der Waals surface area (Å²) in [5, 5.41) is 9.08. The molecule has 98 valence electrons. The quantitative estimate of drug-likeness (QED) is 0.855. The van der Waals surface area contributed by atoms with E-state index >= 15 is 0 Å². The van der Waals surface area contributed by atoms with Crippen molar-refractivity contribution in [1.82, 2.24) is 14.9 Å². The molecule has 0 amide bonds. The summed E-state index contributed by atoms with van der Waals surface area (Å²) >= 11 is 0. The number of aromatic nitrogens is 2. The van der Waals surface area contributed by atoms with Gasteiger partial charge >= 0.3 is 5.97 Å². The summed E-state index contributed by atoms with van der Waals surface area (Å²) in [7, 11) is 0. The molecule has 1 saturated heterocycles. The first-order valence-electron chi connectivity index (χ1n) is 5.96. The molecule has 2 rings (SSSR count). The van der Waals surface area contributed by atoms with E-state index < -0.39 is 5.97 Å². The van der Waals surface area contributed by atoms with E-state index in [4.69, 9.17) is 9.84 Å². The maximum atomic E-state index is 11.1. The van der Waals surface area contributed by atoms with Gasteiger partial charge in [0.15, 0.2) is 0 Å². The standard InChI is InChI=1S/C12H17N3O3/c1-8-4-15(5-9(2)18-8)6-11-10(12(16)17)3-13-7-14-11/h3,7-9H,4-6H2,1-2H3,(H,16,17)/t8-,9+. The number of hydrogen-bond donors (Lipinski definition) is 1. The van der Waals surface area contributed by atoms with E-state index in [1.54, 1.807) is 0 Å². The maximum absolute atomic E-state index is 11.1. The smallest absolute Gasteiger partial charge is 0.339 e. The Morgan fingerprint density at radius 2 is 2.17 bits per heavy atom. The van der Waals surface area contributed by atoms with E-state index in [0.717, 1.165) is 13.1 Å². The zero-order valence-electron chi connectivity index (χ0n) is 10.5. The zero-order chi connectivity index (χ0) is 13.1. The summed E-state index contributed by atoms with van der Waals surface area (Å²) in [5.74, 6) is -0.986. The molecule has 1 aliphatic heterocycles. The summed E-state index contributed by atoms with van der Waals surface area (Å²) in [5.41, 5.74) is 0.725. The number of aromatic carboxylic acids is 1. The minimum absolute atomic E-state index is 0.156. The number of ether oxygens (including phenoxy) is 1. The Morgan fingerprint density at radius 3 is 2.78 bits per heavy atom. The average Bonchev–Trinajstić information content (AvgIpc) is 2.27. The Balaban J connectivity index is 2.11. The summed E-state index contributed by atoms with van der Waals surface area (Å²) in [6.45, 7) is 6.12. The van der Waals surface area contributed by atoms with Crippen LogP contribution in [0.4, 0.5) is 0 Å². The van der Waals surface area contributed by atoms with E-state index in [9.17, 15) is 4.79 Å². The molecule has 0 aromatic carbocycles. The van der Waals surface area contributed by atoms with Gasteiger partial charge in [-0.1, -0.05) is 0 Å². The van der Waals surface area contributed by atoms with Gasteiger partial charge in [0, 0.05) is 25.8 Å². The molecule has 1 N–H and O–H groups in total. The highest BCUT2D eigenvalue weighted by Crippen LogP contribution is 2.14. The van der Waals surface area contributed by atoms with Gasteiger partial charge in [-0.25, -0.2) is 14.8 Å². The monoisotopic (exact) mass is 251 g/mol. The molecule has 0 bridgehead atoms. The fraction of sp³-hybridized carbons (Fsp3) is 0.583. The van der Waals surface area contributed by atoms with Crippen LogP contribution in [0.2, 0.25) is 0 Å². The third-order valence-electron chi connectivity index (χ3n) is 2.89. The Morgan fingerprint density at radius 1 is 1.50 bits per heavy atom. The van der Waals surface area contributed by atoms with Gasteiger partial charge in [0.05, 0.1) is 17.9 Å². The van der Waals surface area contributed by atoms with Crippen molar-refractivity contribution in [2.75, 3.05) is 13.1 Å². The SMILES string of the molecule is C[C@@H]1CN(Cc2ncncc2C(=O)O)C[C@H](C)O1. The van der Waals surface area contributed by atoms with Crippen molar-refractivity contribution in [2.45, 2.75) is 32.6 Å². The van der Waals surface area contributed by atoms with Crippen molar-refractivity contribution >= 4 is 5.97 Å². The molecule has 0 unspecified atom stereocenters. The van der Waals surface area contributed by atoms with E-state index in [-0.39, 0.29) is 17.8 Å². The molecule has 0 aliphatic carbocycles. The first-order valence-corrected chi connectivity index (χ1v) is 5.96. The number of rotatable bonds is 3. The van der Waals surface area contributed by atoms with Gasteiger partial charge in [-0.2, -0.15) is 0 Å². The van der Waals surface area contributed by atoms with Gasteiger partial charge in [0.25, 0.3) is 0 Å². The largest absolute Gasteiger partial charge is 0.478 e. The fourth-order valence-electron chi connectivity index (χ4n) is 2.28. The second kappa shape index (κ2) is 5.41. The van der Waals surface area contributed by atoms with E-state index in [0.29, 0.717) is 12.2 Å². The highest BCUT2D eigenvalue weighted by Gasteiger charge is 2.24. The number of carboxylic acid groups (broad SMARTS) is 1. The van der Waals surface area contributed by atoms with Crippen LogP contribution in [0.3, 0.4) is 0 Å². The minimum atomic E-state index is -0.986. The average molecular weight is 251 g/mol. The number of carboxylic acids is 1. The Bertz CT molecular complexity index is 428. The second-order valence-electron chi connectivity index (χ2n) is 4.64. The number of morpholine rings is 1. The molecule has 0 spiro atoms. The Labute approximate surface area is 106 Å². The van der Waals surface area contributed by atoms with Gasteiger partial charge < -0.3 is 9.84 Å². The molecule has 0 saturated carbocycles. The summed E-state index contributed by atoms with van der Waals surface area (Å²) in [6, 6.07) is 0. The predicted molar refractivity (Wildman–Crippen MR) is 64.3 cm³/mol. The van der Waals surface area contributed by atoms with Gasteiger partial charge in [0.1, 0.15) is 11.9 Å². The Hall–Kier alpha value is -1.53. The second-order valence-corrected chi connectivity index (χ2v) is 4.64. The molecule has 0 radical (unpaired) electrons. The normalized spacial score (nSPS) is 25.0. The molecule has 1 aromatic rings. The predicted octanol–water partition coefficient (Wildman–Crippen LogP) is 0.784. The van der Waals surface area contributed by atoms with Gasteiger partial charge in [-0.15, -0.1) is 0 Å². The fourth-order valence-corrected chi connectivity index (χ4v) is 2.28. The molecule has 1 fully saturated rings. The lowest BCUT2D eigenvalue weighted by Gasteiger charge is -2.35. The molecule has 18 heavy (non-hydrogen) atoms. The minimum Gasteiger partial charge on any atom is -0.478 e. The Kier molecular flexibility index (Phi) is 3.88. The molecular formula is C12H17N3O3. The molecule has 2 heterocycles. The van der Waals surface area contributed by atoms with Crippen LogP contribution in [0.25, 0.3) is 0 Å². The summed E-state index contributed by atoms with van der Waals surface area (Å²) < 4.78 is 5.64. The molecule has 1 aliphatic rings. The van der Waals surface area contributed by atoms with E-state index in [1.807, 2.05) is 13.8 Å². The third kappa shape index (κ3) is 3.02. The third-order valence-corrected chi connectivity index (χ3v) is 2.89. The van der Waals surface area contributed by atoms with Crippen molar-refractivity contribution in [3.05, 3.63) is 23.8 Å². The molecule has 6 nitrogen and oxygen atoms in total. The van der Waals surface area contributed by atoms with Gasteiger partial charge in [0.2, 0.25) is 0 Å². The van der Waals surface area contributed by atoms with Crippen LogP contribution in [0.15, 0.2) is 12.5 Å². The van der Waals surface area contributed by atoms with Crippen LogP contribution >= 0.6 is 0 Å². The maximum Gasteiger partial charge on any atom is 0.339 e. The topological polar surface area (TPSA) is 75.6 Å². The van der Waals surface area contributed by atoms with E-state index in [1.165, 1.54) is 12.5 Å². The van der Waals surface area contributed by atoms with Gasteiger partial charge in [-0.3, -0.25) is 4.90 Å². The van der Waals surface area contributed by atoms with Crippen molar-refractivity contribution in [2.24, 2.45) is 0 Å². The highest BCUT2D eigenvalue weighted by molar-refractivity contribution is 5.88. The van der Waals surface area contributed by atoms with Crippen molar-refractivity contribution in [3.63, 3.8) is 0 Å².